The molecule has 0 saturated carbocycles. The lowest BCUT2D eigenvalue weighted by Crippen LogP contribution is -2.22. The molecule has 152 valence electrons. The van der Waals surface area contributed by atoms with Gasteiger partial charge in [0.05, 0.1) is 17.5 Å². The van der Waals surface area contributed by atoms with Crippen LogP contribution in [0.5, 0.6) is 5.75 Å². The Bertz CT molecular complexity index is 990. The molecular weight excluding hydrogens is 404 g/mol. The van der Waals surface area contributed by atoms with E-state index in [0.29, 0.717) is 11.7 Å². The van der Waals surface area contributed by atoms with Crippen LogP contribution in [0.25, 0.3) is 0 Å². The van der Waals surface area contributed by atoms with Gasteiger partial charge in [0.15, 0.2) is 4.34 Å². The van der Waals surface area contributed by atoms with Gasteiger partial charge in [-0.15, -0.1) is 10.2 Å². The fourth-order valence-electron chi connectivity index (χ4n) is 2.67. The second kappa shape index (κ2) is 9.76. The van der Waals surface area contributed by atoms with Gasteiger partial charge in [-0.25, -0.2) is 0 Å². The molecule has 0 aliphatic heterocycles. The molecule has 29 heavy (non-hydrogen) atoms. The van der Waals surface area contributed by atoms with Crippen molar-refractivity contribution in [1.29, 1.82) is 0 Å². The van der Waals surface area contributed by atoms with Crippen LogP contribution in [0, 0.1) is 13.8 Å². The maximum Gasteiger partial charge on any atom is 0.237 e. The summed E-state index contributed by atoms with van der Waals surface area (Å²) in [6.45, 7) is 8.42. The van der Waals surface area contributed by atoms with Crippen molar-refractivity contribution in [2.75, 3.05) is 17.2 Å². The minimum Gasteiger partial charge on any atom is -0.492 e. The van der Waals surface area contributed by atoms with Crippen molar-refractivity contribution in [3.05, 3.63) is 53.6 Å². The van der Waals surface area contributed by atoms with Gasteiger partial charge in [-0.05, 0) is 51.5 Å². The Kier molecular flexibility index (Phi) is 7.11. The fourth-order valence-corrected chi connectivity index (χ4v) is 4.58. The first-order chi connectivity index (χ1) is 14.0. The molecule has 0 bridgehead atoms. The van der Waals surface area contributed by atoms with Gasteiger partial charge in [0.1, 0.15) is 5.75 Å². The number of ether oxygens (including phenoxy) is 1. The van der Waals surface area contributed by atoms with Crippen molar-refractivity contribution in [2.24, 2.45) is 0 Å². The molecule has 2 aromatic carbocycles. The number of amides is 1. The normalized spacial score (nSPS) is 11.7. The van der Waals surface area contributed by atoms with Gasteiger partial charge < -0.3 is 15.4 Å². The summed E-state index contributed by atoms with van der Waals surface area (Å²) in [5, 5.41) is 15.0. The number of anilines is 3. The van der Waals surface area contributed by atoms with Crippen LogP contribution in [-0.4, -0.2) is 28.0 Å². The zero-order valence-corrected chi connectivity index (χ0v) is 18.5. The van der Waals surface area contributed by atoms with E-state index in [4.69, 9.17) is 4.74 Å². The molecule has 0 aliphatic rings. The minimum absolute atomic E-state index is 0.0617. The summed E-state index contributed by atoms with van der Waals surface area (Å²) in [6.07, 6.45) is 0. The Hall–Kier alpha value is -2.58. The fraction of sp³-hybridized carbons (Fsp3) is 0.286. The van der Waals surface area contributed by atoms with Crippen LogP contribution in [0.3, 0.4) is 0 Å². The van der Waals surface area contributed by atoms with Gasteiger partial charge >= 0.3 is 0 Å². The van der Waals surface area contributed by atoms with Crippen LogP contribution in [0.15, 0.2) is 46.8 Å². The summed E-state index contributed by atoms with van der Waals surface area (Å²) in [6, 6.07) is 13.7. The number of thioether (sulfide) groups is 1. The average Bonchev–Trinajstić information content (AvgIpc) is 3.12. The van der Waals surface area contributed by atoms with Crippen LogP contribution in [-0.2, 0) is 4.79 Å². The molecule has 0 spiro atoms. The Morgan fingerprint density at radius 3 is 2.72 bits per heavy atom. The van der Waals surface area contributed by atoms with Crippen LogP contribution >= 0.6 is 23.1 Å². The van der Waals surface area contributed by atoms with Gasteiger partial charge in [0.25, 0.3) is 0 Å². The van der Waals surface area contributed by atoms with Gasteiger partial charge in [-0.2, -0.15) is 0 Å². The van der Waals surface area contributed by atoms with E-state index in [1.165, 1.54) is 28.7 Å². The second-order valence-electron chi connectivity index (χ2n) is 6.50. The first-order valence-electron chi connectivity index (χ1n) is 9.33. The third-order valence-corrected chi connectivity index (χ3v) is 6.14. The second-order valence-corrected chi connectivity index (χ2v) is 9.06. The Labute approximate surface area is 179 Å². The molecule has 0 fully saturated rings. The number of carbonyl (C=O) groups excluding carboxylic acids is 1. The predicted octanol–water partition coefficient (Wildman–Crippen LogP) is 5.42. The number of hydrogen-bond acceptors (Lipinski definition) is 7. The Morgan fingerprint density at radius 1 is 1.17 bits per heavy atom. The van der Waals surface area contributed by atoms with Crippen molar-refractivity contribution in [2.45, 2.75) is 37.3 Å². The third kappa shape index (κ3) is 5.71. The Balaban J connectivity index is 1.61. The topological polar surface area (TPSA) is 76.1 Å². The lowest BCUT2D eigenvalue weighted by Gasteiger charge is -2.12. The molecule has 8 heteroatoms. The first kappa shape index (κ1) is 21.1. The van der Waals surface area contributed by atoms with Gasteiger partial charge in [-0.3, -0.25) is 4.79 Å². The molecule has 6 nitrogen and oxygen atoms in total. The number of rotatable bonds is 8. The summed E-state index contributed by atoms with van der Waals surface area (Å²) in [7, 11) is 0. The molecule has 0 saturated heterocycles. The number of aryl methyl sites for hydroxylation is 2. The van der Waals surface area contributed by atoms with E-state index in [0.717, 1.165) is 27.0 Å². The molecule has 3 rings (SSSR count). The standard InChI is InChI=1S/C21H24N4O2S2/c1-5-27-18-9-7-6-8-17(18)23-20-24-25-21(29-20)28-15(4)19(26)22-16-11-10-13(2)12-14(16)3/h6-12,15H,5H2,1-4H3,(H,22,26)(H,23,24). The number of hydrogen-bond donors (Lipinski definition) is 2. The van der Waals surface area contributed by atoms with Crippen molar-refractivity contribution < 1.29 is 9.53 Å². The maximum atomic E-state index is 12.6. The average molecular weight is 429 g/mol. The number of benzene rings is 2. The van der Waals surface area contributed by atoms with E-state index in [1.807, 2.05) is 64.1 Å². The van der Waals surface area contributed by atoms with Crippen LogP contribution in [0.2, 0.25) is 0 Å². The maximum absolute atomic E-state index is 12.6. The van der Waals surface area contributed by atoms with Gasteiger partial charge in [0, 0.05) is 5.69 Å². The molecule has 0 radical (unpaired) electrons. The molecule has 0 aliphatic carbocycles. The largest absolute Gasteiger partial charge is 0.492 e. The SMILES string of the molecule is CCOc1ccccc1Nc1nnc(SC(C)C(=O)Nc2ccc(C)cc2C)s1. The molecule has 1 atom stereocenters. The molecule has 1 heterocycles. The summed E-state index contributed by atoms with van der Waals surface area (Å²) < 4.78 is 6.35. The van der Waals surface area contributed by atoms with E-state index in [-0.39, 0.29) is 11.2 Å². The summed E-state index contributed by atoms with van der Waals surface area (Å²) >= 11 is 2.79. The summed E-state index contributed by atoms with van der Waals surface area (Å²) in [4.78, 5) is 12.6. The highest BCUT2D eigenvalue weighted by molar-refractivity contribution is 8.02. The Morgan fingerprint density at radius 2 is 1.97 bits per heavy atom. The quantitative estimate of drug-likeness (QED) is 0.467. The van der Waals surface area contributed by atoms with E-state index < -0.39 is 0 Å². The highest BCUT2D eigenvalue weighted by Gasteiger charge is 2.18. The first-order valence-corrected chi connectivity index (χ1v) is 11.0. The molecule has 2 N–H and O–H groups in total. The smallest absolute Gasteiger partial charge is 0.237 e. The van der Waals surface area contributed by atoms with E-state index in [2.05, 4.69) is 26.9 Å². The number of nitrogens with one attached hydrogen (secondary N) is 2. The zero-order chi connectivity index (χ0) is 20.8. The third-order valence-electron chi connectivity index (χ3n) is 4.12. The van der Waals surface area contributed by atoms with E-state index in [9.17, 15) is 4.79 Å². The minimum atomic E-state index is -0.299. The molecule has 1 unspecified atom stereocenters. The number of carbonyl (C=O) groups is 1. The lowest BCUT2D eigenvalue weighted by molar-refractivity contribution is -0.115. The van der Waals surface area contributed by atoms with Crippen molar-refractivity contribution in [3.63, 3.8) is 0 Å². The zero-order valence-electron chi connectivity index (χ0n) is 16.9. The van der Waals surface area contributed by atoms with Crippen LogP contribution in [0.1, 0.15) is 25.0 Å². The van der Waals surface area contributed by atoms with Gasteiger partial charge in [-0.1, -0.05) is 52.9 Å². The van der Waals surface area contributed by atoms with E-state index in [1.54, 1.807) is 0 Å². The summed E-state index contributed by atoms with van der Waals surface area (Å²) in [5.41, 5.74) is 3.89. The molecular formula is C21H24N4O2S2. The van der Waals surface area contributed by atoms with Crippen LogP contribution < -0.4 is 15.4 Å². The lowest BCUT2D eigenvalue weighted by atomic mass is 10.1. The van der Waals surface area contributed by atoms with Crippen molar-refractivity contribution >= 4 is 45.5 Å². The summed E-state index contributed by atoms with van der Waals surface area (Å²) in [5.74, 6) is 0.703. The molecule has 1 aromatic heterocycles. The van der Waals surface area contributed by atoms with Crippen molar-refractivity contribution in [1.82, 2.24) is 10.2 Å². The van der Waals surface area contributed by atoms with Crippen LogP contribution in [0.4, 0.5) is 16.5 Å². The highest BCUT2D eigenvalue weighted by atomic mass is 32.2. The monoisotopic (exact) mass is 428 g/mol. The highest BCUT2D eigenvalue weighted by Crippen LogP contribution is 2.33. The molecule has 1 amide bonds. The van der Waals surface area contributed by atoms with E-state index >= 15 is 0 Å². The number of nitrogens with zero attached hydrogens (tertiary/aromatic N) is 2. The predicted molar refractivity (Wildman–Crippen MR) is 121 cm³/mol. The number of aromatic nitrogens is 2. The number of para-hydroxylation sites is 2. The molecule has 3 aromatic rings. The van der Waals surface area contributed by atoms with Gasteiger partial charge in [0.2, 0.25) is 11.0 Å². The van der Waals surface area contributed by atoms with Crippen molar-refractivity contribution in [3.8, 4) is 5.75 Å².